The average molecular weight is 487 g/mol. The van der Waals surface area contributed by atoms with Gasteiger partial charge in [0.05, 0.1) is 36.1 Å². The van der Waals surface area contributed by atoms with Crippen molar-refractivity contribution >= 4 is 41.3 Å². The largest absolute Gasteiger partial charge is 0.494 e. The number of rotatable bonds is 8. The zero-order valence-corrected chi connectivity index (χ0v) is 19.3. The second-order valence-electron chi connectivity index (χ2n) is 6.58. The summed E-state index contributed by atoms with van der Waals surface area (Å²) in [6.07, 6.45) is 1.42. The quantitative estimate of drug-likeness (QED) is 0.200. The van der Waals surface area contributed by atoms with Gasteiger partial charge in [0.25, 0.3) is 5.91 Å². The number of amides is 1. The first-order valence-corrected chi connectivity index (χ1v) is 10.6. The van der Waals surface area contributed by atoms with Crippen LogP contribution in [0.15, 0.2) is 65.8 Å². The van der Waals surface area contributed by atoms with E-state index < -0.39 is 11.9 Å². The molecule has 0 atom stereocenters. The van der Waals surface area contributed by atoms with E-state index in [0.29, 0.717) is 34.3 Å². The molecule has 0 heterocycles. The van der Waals surface area contributed by atoms with Crippen LogP contribution in [0, 0.1) is 0 Å². The molecule has 0 spiro atoms. The lowest BCUT2D eigenvalue weighted by molar-refractivity contribution is 0.0729. The number of carbonyl (C=O) groups excluding carboxylic acids is 2. The molecule has 170 valence electrons. The van der Waals surface area contributed by atoms with Crippen LogP contribution in [0.25, 0.3) is 0 Å². The third-order valence-electron chi connectivity index (χ3n) is 4.35. The van der Waals surface area contributed by atoms with E-state index in [9.17, 15) is 9.59 Å². The molecule has 3 aromatic carbocycles. The lowest BCUT2D eigenvalue weighted by Gasteiger charge is -2.10. The van der Waals surface area contributed by atoms with E-state index >= 15 is 0 Å². The molecule has 0 aliphatic carbocycles. The van der Waals surface area contributed by atoms with Gasteiger partial charge in [-0.15, -0.1) is 0 Å². The number of esters is 1. The summed E-state index contributed by atoms with van der Waals surface area (Å²) < 4.78 is 16.1. The molecule has 9 heteroatoms. The van der Waals surface area contributed by atoms with Crippen molar-refractivity contribution in [2.45, 2.75) is 6.92 Å². The summed E-state index contributed by atoms with van der Waals surface area (Å²) in [4.78, 5) is 24.7. The number of hydrogen-bond donors (Lipinski definition) is 1. The van der Waals surface area contributed by atoms with E-state index in [2.05, 4.69) is 10.5 Å². The lowest BCUT2D eigenvalue weighted by atomic mass is 10.2. The molecule has 0 aromatic heterocycles. The highest BCUT2D eigenvalue weighted by Crippen LogP contribution is 2.28. The van der Waals surface area contributed by atoms with Gasteiger partial charge in [-0.3, -0.25) is 4.79 Å². The van der Waals surface area contributed by atoms with Crippen LogP contribution in [-0.4, -0.2) is 31.8 Å². The SMILES string of the molecule is CCOc1ccc(C(=O)Oc2ccc(/C=N\NC(=O)c3ccc(Cl)cc3Cl)cc2OC)cc1. The number of benzene rings is 3. The van der Waals surface area contributed by atoms with Crippen molar-refractivity contribution in [3.8, 4) is 17.2 Å². The van der Waals surface area contributed by atoms with E-state index in [1.807, 2.05) is 6.92 Å². The van der Waals surface area contributed by atoms with Crippen molar-refractivity contribution in [3.05, 3.63) is 87.4 Å². The number of hydrazone groups is 1. The molecular formula is C24H20Cl2N2O5. The Morgan fingerprint density at radius 1 is 1.00 bits per heavy atom. The van der Waals surface area contributed by atoms with Crippen LogP contribution in [0.4, 0.5) is 0 Å². The van der Waals surface area contributed by atoms with Crippen molar-refractivity contribution < 1.29 is 23.8 Å². The van der Waals surface area contributed by atoms with Gasteiger partial charge >= 0.3 is 5.97 Å². The molecule has 0 radical (unpaired) electrons. The average Bonchev–Trinajstić information content (AvgIpc) is 2.80. The van der Waals surface area contributed by atoms with Crippen molar-refractivity contribution in [1.29, 1.82) is 0 Å². The Balaban J connectivity index is 1.66. The number of ether oxygens (including phenoxy) is 3. The summed E-state index contributed by atoms with van der Waals surface area (Å²) in [6.45, 7) is 2.42. The maximum atomic E-state index is 12.5. The summed E-state index contributed by atoms with van der Waals surface area (Å²) in [6, 6.07) is 16.0. The summed E-state index contributed by atoms with van der Waals surface area (Å²) in [7, 11) is 1.45. The summed E-state index contributed by atoms with van der Waals surface area (Å²) >= 11 is 11.9. The number of methoxy groups -OCH3 is 1. The van der Waals surface area contributed by atoms with Gasteiger partial charge in [-0.2, -0.15) is 5.10 Å². The lowest BCUT2D eigenvalue weighted by Crippen LogP contribution is -2.18. The fraction of sp³-hybridized carbons (Fsp3) is 0.125. The zero-order valence-electron chi connectivity index (χ0n) is 17.8. The van der Waals surface area contributed by atoms with Crippen LogP contribution in [-0.2, 0) is 0 Å². The first-order chi connectivity index (χ1) is 15.9. The van der Waals surface area contributed by atoms with Crippen molar-refractivity contribution in [2.24, 2.45) is 5.10 Å². The van der Waals surface area contributed by atoms with E-state index in [1.165, 1.54) is 25.5 Å². The summed E-state index contributed by atoms with van der Waals surface area (Å²) in [5.41, 5.74) is 3.61. The van der Waals surface area contributed by atoms with Gasteiger partial charge in [-0.1, -0.05) is 23.2 Å². The molecule has 3 aromatic rings. The van der Waals surface area contributed by atoms with Crippen LogP contribution in [0.2, 0.25) is 10.0 Å². The highest BCUT2D eigenvalue weighted by atomic mass is 35.5. The third-order valence-corrected chi connectivity index (χ3v) is 4.89. The highest BCUT2D eigenvalue weighted by molar-refractivity contribution is 6.36. The maximum Gasteiger partial charge on any atom is 0.343 e. The molecule has 33 heavy (non-hydrogen) atoms. The Kier molecular flexibility index (Phi) is 8.29. The molecule has 0 unspecified atom stereocenters. The Labute approximate surface area is 200 Å². The number of nitrogens with zero attached hydrogens (tertiary/aromatic N) is 1. The molecular weight excluding hydrogens is 467 g/mol. The first-order valence-electron chi connectivity index (χ1n) is 9.82. The molecule has 0 saturated carbocycles. The van der Waals surface area contributed by atoms with Gasteiger partial charge in [0, 0.05) is 5.02 Å². The van der Waals surface area contributed by atoms with Crippen molar-refractivity contribution in [3.63, 3.8) is 0 Å². The van der Waals surface area contributed by atoms with Crippen molar-refractivity contribution in [1.82, 2.24) is 5.43 Å². The smallest absolute Gasteiger partial charge is 0.343 e. The molecule has 0 saturated heterocycles. The van der Waals surface area contributed by atoms with Crippen LogP contribution < -0.4 is 19.6 Å². The van der Waals surface area contributed by atoms with Crippen molar-refractivity contribution in [2.75, 3.05) is 13.7 Å². The highest BCUT2D eigenvalue weighted by Gasteiger charge is 2.13. The molecule has 3 rings (SSSR count). The standard InChI is InChI=1S/C24H20Cl2N2O5/c1-3-32-18-8-5-16(6-9-18)24(30)33-21-11-4-15(12-22(21)31-2)14-27-28-23(29)19-10-7-17(25)13-20(19)26/h4-14H,3H2,1-2H3,(H,28,29)/b27-14-. The number of carbonyl (C=O) groups is 2. The van der Waals surface area contributed by atoms with E-state index in [-0.39, 0.29) is 16.3 Å². The minimum atomic E-state index is -0.537. The Bertz CT molecular complexity index is 1180. The van der Waals surface area contributed by atoms with E-state index in [4.69, 9.17) is 37.4 Å². The summed E-state index contributed by atoms with van der Waals surface area (Å²) in [5.74, 6) is 0.210. The fourth-order valence-electron chi connectivity index (χ4n) is 2.76. The molecule has 7 nitrogen and oxygen atoms in total. The molecule has 0 aliphatic heterocycles. The van der Waals surface area contributed by atoms with Crippen LogP contribution in [0.5, 0.6) is 17.2 Å². The molecule has 0 fully saturated rings. The van der Waals surface area contributed by atoms with Crippen LogP contribution >= 0.6 is 23.2 Å². The van der Waals surface area contributed by atoms with Gasteiger partial charge < -0.3 is 14.2 Å². The minimum absolute atomic E-state index is 0.218. The van der Waals surface area contributed by atoms with Gasteiger partial charge in [-0.25, -0.2) is 10.2 Å². The normalized spacial score (nSPS) is 10.7. The predicted octanol–water partition coefficient (Wildman–Crippen LogP) is 5.38. The first kappa shape index (κ1) is 24.1. The van der Waals surface area contributed by atoms with Gasteiger partial charge in [0.1, 0.15) is 5.75 Å². The molecule has 0 aliphatic rings. The predicted molar refractivity (Wildman–Crippen MR) is 127 cm³/mol. The second kappa shape index (κ2) is 11.4. The Morgan fingerprint density at radius 3 is 2.42 bits per heavy atom. The van der Waals surface area contributed by atoms with Crippen LogP contribution in [0.1, 0.15) is 33.2 Å². The molecule has 0 bridgehead atoms. The Hall–Kier alpha value is -3.55. The number of halogens is 2. The summed E-state index contributed by atoms with van der Waals surface area (Å²) in [5, 5.41) is 4.57. The monoisotopic (exact) mass is 486 g/mol. The zero-order chi connectivity index (χ0) is 23.8. The fourth-order valence-corrected chi connectivity index (χ4v) is 3.26. The maximum absolute atomic E-state index is 12.5. The second-order valence-corrected chi connectivity index (χ2v) is 7.42. The van der Waals surface area contributed by atoms with Crippen LogP contribution in [0.3, 0.4) is 0 Å². The van der Waals surface area contributed by atoms with E-state index in [0.717, 1.165) is 0 Å². The third kappa shape index (κ3) is 6.47. The topological polar surface area (TPSA) is 86.2 Å². The number of hydrogen-bond acceptors (Lipinski definition) is 6. The molecule has 1 amide bonds. The minimum Gasteiger partial charge on any atom is -0.494 e. The van der Waals surface area contributed by atoms with E-state index in [1.54, 1.807) is 48.5 Å². The van der Waals surface area contributed by atoms with Gasteiger partial charge in [0.2, 0.25) is 0 Å². The van der Waals surface area contributed by atoms with Gasteiger partial charge in [-0.05, 0) is 73.2 Å². The number of nitrogens with one attached hydrogen (secondary N) is 1. The Morgan fingerprint density at radius 2 is 1.76 bits per heavy atom. The molecule has 1 N–H and O–H groups in total. The van der Waals surface area contributed by atoms with Gasteiger partial charge in [0.15, 0.2) is 11.5 Å².